The summed E-state index contributed by atoms with van der Waals surface area (Å²) in [5, 5.41) is 2.84. The molecule has 1 rings (SSSR count). The maximum Gasteiger partial charge on any atom is 0.407 e. The largest absolute Gasteiger partial charge is 0.444 e. The molecule has 2 atom stereocenters. The fourth-order valence-electron chi connectivity index (χ4n) is 2.62. The number of nitrogens with zero attached hydrogens (tertiary/aromatic N) is 1. The van der Waals surface area contributed by atoms with E-state index < -0.39 is 11.7 Å². The molecule has 0 radical (unpaired) electrons. The molecule has 0 aromatic heterocycles. The maximum atomic E-state index is 11.8. The topological polar surface area (TPSA) is 76.8 Å². The molecule has 0 aliphatic heterocycles. The van der Waals surface area contributed by atoms with Gasteiger partial charge in [0.25, 0.3) is 0 Å². The fourth-order valence-corrected chi connectivity index (χ4v) is 2.62. The molecular formula is C16H33N3O3. The maximum absolute atomic E-state index is 11.8. The van der Waals surface area contributed by atoms with Gasteiger partial charge >= 0.3 is 6.09 Å². The molecule has 0 aromatic carbocycles. The fraction of sp³-hybridized carbons (Fsp3) is 0.938. The summed E-state index contributed by atoms with van der Waals surface area (Å²) in [4.78, 5) is 14.2. The minimum atomic E-state index is -0.487. The minimum absolute atomic E-state index is 0.0956. The van der Waals surface area contributed by atoms with Gasteiger partial charge in [0.1, 0.15) is 5.60 Å². The van der Waals surface area contributed by atoms with Crippen LogP contribution in [0.4, 0.5) is 4.79 Å². The first-order chi connectivity index (χ1) is 10.3. The average Bonchev–Trinajstić information content (AvgIpc) is 3.24. The Bertz CT molecular complexity index is 340. The van der Waals surface area contributed by atoms with E-state index in [1.54, 1.807) is 7.11 Å². The van der Waals surface area contributed by atoms with Crippen LogP contribution in [0.25, 0.3) is 0 Å². The van der Waals surface area contributed by atoms with E-state index in [1.165, 1.54) is 12.8 Å². The number of nitrogens with one attached hydrogen (secondary N) is 1. The monoisotopic (exact) mass is 315 g/mol. The minimum Gasteiger partial charge on any atom is -0.444 e. The van der Waals surface area contributed by atoms with Crippen molar-refractivity contribution in [1.82, 2.24) is 10.2 Å². The number of amides is 1. The first kappa shape index (κ1) is 19.2. The van der Waals surface area contributed by atoms with Gasteiger partial charge in [0.15, 0.2) is 0 Å². The lowest BCUT2D eigenvalue weighted by atomic mass is 10.1. The van der Waals surface area contributed by atoms with Crippen LogP contribution in [0.5, 0.6) is 0 Å². The SMILES string of the molecule is COCCN(C(CN)CNC(=O)OC(C)(C)C)C(C)C1CC1. The molecule has 1 aliphatic carbocycles. The molecule has 1 fully saturated rings. The van der Waals surface area contributed by atoms with Gasteiger partial charge in [-0.05, 0) is 46.5 Å². The lowest BCUT2D eigenvalue weighted by Crippen LogP contribution is -2.53. The number of hydrogen-bond acceptors (Lipinski definition) is 5. The number of carbonyl (C=O) groups excluding carboxylic acids is 1. The molecule has 0 spiro atoms. The number of hydrogen-bond donors (Lipinski definition) is 2. The van der Waals surface area contributed by atoms with Crippen LogP contribution >= 0.6 is 0 Å². The third kappa shape index (κ3) is 6.94. The predicted octanol–water partition coefficient (Wildman–Crippen LogP) is 1.59. The normalized spacial score (nSPS) is 18.1. The number of rotatable bonds is 9. The molecule has 3 N–H and O–H groups in total. The highest BCUT2D eigenvalue weighted by Crippen LogP contribution is 2.35. The van der Waals surface area contributed by atoms with Crippen LogP contribution in [0.2, 0.25) is 0 Å². The van der Waals surface area contributed by atoms with Gasteiger partial charge in [0, 0.05) is 38.8 Å². The van der Waals surface area contributed by atoms with E-state index in [4.69, 9.17) is 15.2 Å². The molecule has 1 saturated carbocycles. The van der Waals surface area contributed by atoms with Gasteiger partial charge in [-0.25, -0.2) is 4.79 Å². The van der Waals surface area contributed by atoms with Crippen molar-refractivity contribution in [3.8, 4) is 0 Å². The summed E-state index contributed by atoms with van der Waals surface area (Å²) >= 11 is 0. The summed E-state index contributed by atoms with van der Waals surface area (Å²) in [5.41, 5.74) is 5.46. The number of alkyl carbamates (subject to hydrolysis) is 1. The number of methoxy groups -OCH3 is 1. The molecule has 0 saturated heterocycles. The van der Waals surface area contributed by atoms with Crippen molar-refractivity contribution in [3.05, 3.63) is 0 Å². The van der Waals surface area contributed by atoms with Crippen LogP contribution in [-0.2, 0) is 9.47 Å². The third-order valence-corrected chi connectivity index (χ3v) is 4.00. The Morgan fingerprint density at radius 1 is 1.41 bits per heavy atom. The molecule has 2 unspecified atom stereocenters. The van der Waals surface area contributed by atoms with E-state index >= 15 is 0 Å². The van der Waals surface area contributed by atoms with E-state index in [9.17, 15) is 4.79 Å². The van der Waals surface area contributed by atoms with Gasteiger partial charge in [-0.1, -0.05) is 0 Å². The van der Waals surface area contributed by atoms with Crippen LogP contribution in [0.3, 0.4) is 0 Å². The molecule has 0 heterocycles. The van der Waals surface area contributed by atoms with Gasteiger partial charge in [0.05, 0.1) is 6.61 Å². The number of ether oxygens (including phenoxy) is 2. The van der Waals surface area contributed by atoms with Crippen LogP contribution in [0, 0.1) is 5.92 Å². The molecule has 0 aromatic rings. The van der Waals surface area contributed by atoms with Crippen molar-refractivity contribution in [2.24, 2.45) is 11.7 Å². The Morgan fingerprint density at radius 3 is 2.50 bits per heavy atom. The zero-order valence-electron chi connectivity index (χ0n) is 14.7. The van der Waals surface area contributed by atoms with Crippen molar-refractivity contribution >= 4 is 6.09 Å². The second kappa shape index (κ2) is 8.70. The van der Waals surface area contributed by atoms with Crippen molar-refractivity contribution in [3.63, 3.8) is 0 Å². The third-order valence-electron chi connectivity index (χ3n) is 4.00. The molecule has 130 valence electrons. The van der Waals surface area contributed by atoms with Gasteiger partial charge in [0.2, 0.25) is 0 Å². The van der Waals surface area contributed by atoms with Gasteiger partial charge in [-0.3, -0.25) is 4.90 Å². The summed E-state index contributed by atoms with van der Waals surface area (Å²) in [7, 11) is 1.70. The highest BCUT2D eigenvalue weighted by Gasteiger charge is 2.34. The molecule has 6 nitrogen and oxygen atoms in total. The summed E-state index contributed by atoms with van der Waals surface area (Å²) in [6, 6.07) is 0.558. The van der Waals surface area contributed by atoms with Crippen molar-refractivity contribution in [2.75, 3.05) is 33.4 Å². The Labute approximate surface area is 134 Å². The first-order valence-corrected chi connectivity index (χ1v) is 8.20. The van der Waals surface area contributed by atoms with Crippen LogP contribution < -0.4 is 11.1 Å². The molecule has 22 heavy (non-hydrogen) atoms. The quantitative estimate of drug-likeness (QED) is 0.675. The summed E-state index contributed by atoms with van der Waals surface area (Å²) in [5.74, 6) is 0.743. The second-order valence-corrected chi connectivity index (χ2v) is 7.08. The zero-order chi connectivity index (χ0) is 16.8. The highest BCUT2D eigenvalue weighted by atomic mass is 16.6. The molecule has 6 heteroatoms. The number of carbonyl (C=O) groups is 1. The molecule has 0 bridgehead atoms. The summed E-state index contributed by atoms with van der Waals surface area (Å²) in [6.07, 6.45) is 2.17. The van der Waals surface area contributed by atoms with E-state index in [0.717, 1.165) is 12.5 Å². The molecule has 1 amide bonds. The predicted molar refractivity (Wildman–Crippen MR) is 87.8 cm³/mol. The van der Waals surface area contributed by atoms with Crippen molar-refractivity contribution in [2.45, 2.75) is 58.2 Å². The lowest BCUT2D eigenvalue weighted by Gasteiger charge is -2.36. The van der Waals surface area contributed by atoms with Crippen LogP contribution in [0.1, 0.15) is 40.5 Å². The van der Waals surface area contributed by atoms with Crippen molar-refractivity contribution in [1.29, 1.82) is 0 Å². The van der Waals surface area contributed by atoms with Crippen LogP contribution in [0.15, 0.2) is 0 Å². The Morgan fingerprint density at radius 2 is 2.05 bits per heavy atom. The van der Waals surface area contributed by atoms with E-state index in [2.05, 4.69) is 17.1 Å². The number of nitrogens with two attached hydrogens (primary N) is 1. The first-order valence-electron chi connectivity index (χ1n) is 8.20. The zero-order valence-corrected chi connectivity index (χ0v) is 14.7. The standard InChI is InChI=1S/C16H33N3O3/c1-12(13-6-7-13)19(8-9-21-5)14(10-17)11-18-15(20)22-16(2,3)4/h12-14H,6-11,17H2,1-5H3,(H,18,20). The Balaban J connectivity index is 2.54. The molecule has 1 aliphatic rings. The Hall–Kier alpha value is -0.850. The van der Waals surface area contributed by atoms with Gasteiger partial charge in [-0.2, -0.15) is 0 Å². The summed E-state index contributed by atoms with van der Waals surface area (Å²) < 4.78 is 10.5. The van der Waals surface area contributed by atoms with E-state index in [-0.39, 0.29) is 6.04 Å². The second-order valence-electron chi connectivity index (χ2n) is 7.08. The lowest BCUT2D eigenvalue weighted by molar-refractivity contribution is 0.0473. The average molecular weight is 315 g/mol. The van der Waals surface area contributed by atoms with E-state index in [0.29, 0.717) is 25.7 Å². The molecular weight excluding hydrogens is 282 g/mol. The van der Waals surface area contributed by atoms with Crippen molar-refractivity contribution < 1.29 is 14.3 Å². The Kier molecular flexibility index (Phi) is 7.59. The van der Waals surface area contributed by atoms with Gasteiger partial charge in [-0.15, -0.1) is 0 Å². The van der Waals surface area contributed by atoms with Crippen LogP contribution in [-0.4, -0.2) is 62.0 Å². The van der Waals surface area contributed by atoms with Gasteiger partial charge < -0.3 is 20.5 Å². The van der Waals surface area contributed by atoms with E-state index in [1.807, 2.05) is 20.8 Å². The smallest absolute Gasteiger partial charge is 0.407 e. The highest BCUT2D eigenvalue weighted by molar-refractivity contribution is 5.67. The summed E-state index contributed by atoms with van der Waals surface area (Å²) in [6.45, 7) is 10.3.